The van der Waals surface area contributed by atoms with Crippen LogP contribution in [0.3, 0.4) is 0 Å². The van der Waals surface area contributed by atoms with Gasteiger partial charge in [0, 0.05) is 183 Å². The molecule has 4 atom stereocenters. The van der Waals surface area contributed by atoms with Crippen molar-refractivity contribution in [3.8, 4) is 45.0 Å². The summed E-state index contributed by atoms with van der Waals surface area (Å²) in [5.74, 6) is -1.40. The Balaban J connectivity index is 0.000000148. The van der Waals surface area contributed by atoms with Gasteiger partial charge in [-0.25, -0.2) is 33.7 Å². The third kappa shape index (κ3) is 24.5. The summed E-state index contributed by atoms with van der Waals surface area (Å²) in [5.41, 5.74) is 9.26. The highest BCUT2D eigenvalue weighted by molar-refractivity contribution is 7.90. The number of carbonyl (C=O) groups excluding carboxylic acids is 4. The fourth-order valence-corrected chi connectivity index (χ4v) is 21.7. The Bertz CT molecular complexity index is 6260. The minimum absolute atomic E-state index is 0.0731. The molecule has 4 saturated heterocycles. The molecule has 0 aliphatic carbocycles. The molecular weight excluding hydrogens is 1820 g/mol. The Hall–Kier alpha value is -11.1. The van der Waals surface area contributed by atoms with Gasteiger partial charge in [-0.1, -0.05) is 77.6 Å². The first-order valence-electron chi connectivity index (χ1n) is 41.7. The number of hydrogen-bond acceptors (Lipinski definition) is 20. The maximum Gasteiger partial charge on any atom is 0.255 e. The maximum atomic E-state index is 13.0. The quantitative estimate of drug-likeness (QED) is 0.0389. The van der Waals surface area contributed by atoms with Gasteiger partial charge in [-0.05, 0) is 253 Å². The molecule has 4 aliphatic rings. The number of sulfonamides is 4. The summed E-state index contributed by atoms with van der Waals surface area (Å²) >= 11 is 25.2. The second kappa shape index (κ2) is 43.7. The molecular formula is C94H95Cl4N15O13S4. The molecule has 4 unspecified atom stereocenters. The van der Waals surface area contributed by atoms with Gasteiger partial charge in [0.05, 0.1) is 74.7 Å². The second-order valence-electron chi connectivity index (χ2n) is 30.9. The zero-order valence-corrected chi connectivity index (χ0v) is 77.7. The van der Waals surface area contributed by atoms with Crippen LogP contribution in [-0.2, 0) is 44.8 Å². The third-order valence-corrected chi connectivity index (χ3v) is 30.3. The zero-order chi connectivity index (χ0) is 92.4. The molecule has 0 bridgehead atoms. The van der Waals surface area contributed by atoms with Crippen molar-refractivity contribution >= 4 is 133 Å². The predicted molar refractivity (Wildman–Crippen MR) is 508 cm³/mol. The number of nitrogens with zero attached hydrogens (tertiary/aromatic N) is 9. The smallest absolute Gasteiger partial charge is 0.255 e. The molecule has 676 valence electrons. The average Bonchev–Trinajstić information content (AvgIpc) is 0.784. The molecule has 8 heterocycles. The van der Waals surface area contributed by atoms with Crippen molar-refractivity contribution in [2.45, 2.75) is 78.5 Å². The summed E-state index contributed by atoms with van der Waals surface area (Å²) in [5, 5.41) is 19.9. The van der Waals surface area contributed by atoms with Gasteiger partial charge in [0.1, 0.15) is 0 Å². The third-order valence-electron chi connectivity index (χ3n) is 21.4. The number of carbonyl (C=O) groups is 4. The summed E-state index contributed by atoms with van der Waals surface area (Å²) < 4.78 is 115. The van der Waals surface area contributed by atoms with Crippen LogP contribution in [0.4, 0.5) is 22.7 Å². The lowest BCUT2D eigenvalue weighted by Gasteiger charge is -2.35. The number of pyridine rings is 4. The number of benzene rings is 8. The number of halogens is 4. The number of piperazine rings is 3. The highest BCUT2D eigenvalue weighted by atomic mass is 35.5. The minimum Gasteiger partial charge on any atom is -0.373 e. The molecule has 0 spiro atoms. The Morgan fingerprint density at radius 2 is 0.608 bits per heavy atom. The molecule has 16 rings (SSSR count). The molecule has 4 fully saturated rings. The first kappa shape index (κ1) is 96.4. The molecule has 0 radical (unpaired) electrons. The second-order valence-corrected chi connectivity index (χ2v) is 40.3. The topological polar surface area (TPSA) is 354 Å². The van der Waals surface area contributed by atoms with Crippen LogP contribution in [0.1, 0.15) is 76.1 Å². The van der Waals surface area contributed by atoms with E-state index in [0.717, 1.165) is 19.6 Å². The number of ether oxygens (including phenoxy) is 1. The number of rotatable bonds is 21. The summed E-state index contributed by atoms with van der Waals surface area (Å²) in [6.07, 6.45) is 6.34. The Labute approximate surface area is 777 Å². The lowest BCUT2D eigenvalue weighted by atomic mass is 10.1. The van der Waals surface area contributed by atoms with Crippen LogP contribution < -0.4 is 31.9 Å². The van der Waals surface area contributed by atoms with E-state index in [2.05, 4.69) is 63.7 Å². The largest absolute Gasteiger partial charge is 0.373 e. The van der Waals surface area contributed by atoms with Gasteiger partial charge in [-0.2, -0.15) is 17.2 Å². The molecule has 4 amide bonds. The summed E-state index contributed by atoms with van der Waals surface area (Å²) in [7, 11) is -14.4. The molecule has 28 nitrogen and oxygen atoms in total. The van der Waals surface area contributed by atoms with E-state index < -0.39 is 40.1 Å². The molecule has 36 heteroatoms. The molecule has 0 saturated carbocycles. The summed E-state index contributed by atoms with van der Waals surface area (Å²) in [6.45, 7) is 16.5. The predicted octanol–water partition coefficient (Wildman–Crippen LogP) is 15.7. The number of aromatic nitrogens is 4. The molecule has 6 N–H and O–H groups in total. The van der Waals surface area contributed by atoms with Crippen molar-refractivity contribution in [2.24, 2.45) is 0 Å². The van der Waals surface area contributed by atoms with Gasteiger partial charge >= 0.3 is 0 Å². The van der Waals surface area contributed by atoms with Gasteiger partial charge in [0.25, 0.3) is 23.6 Å². The van der Waals surface area contributed by atoms with Crippen LogP contribution >= 0.6 is 46.4 Å². The molecule has 130 heavy (non-hydrogen) atoms. The highest BCUT2D eigenvalue weighted by Crippen LogP contribution is 2.36. The standard InChI is InChI=1S/2C24H25ClN4O3S.C24H24ClN3O4S.C22H21ClN4O3S/c1-16-14-29(15-17(2)27-16)33(31,32)20-9-6-18(7-10-20)24(30)28-19-8-11-22(25)21(13-19)23-5-3-4-12-26-23;1-2-28-13-15-29(16-14-28)33(31,32)20-9-6-18(7-10-20)24(30)27-19-8-11-22(25)21(17-19)23-5-3-4-12-26-23;1-16-14-28(15-17(2)32-16)33(30,31)20-9-6-18(7-10-20)24(29)27-19-8-11-22(25)21(13-19)23-5-3-4-12-26-23;23-20-9-6-17(15-19(20)21-3-1-2-10-25-21)26-22(28)16-4-7-18(8-5-16)31(29,30)27-13-11-24-12-14-27/h3-13,16-17,27H,14-15H2,1-2H3,(H,28,30);3-12,17H,2,13-16H2,1H3,(H,27,30);3-13,16-17H,14-15H2,1-2H3,(H,27,29);1-10,15,24H,11-14H2,(H,26,28). The number of nitrogens with one attached hydrogen (secondary N) is 6. The van der Waals surface area contributed by atoms with E-state index in [1.54, 1.807) is 97.6 Å². The number of likely N-dealkylation sites (N-methyl/N-ethyl adjacent to an activating group) is 1. The fraction of sp³-hybridized carbons (Fsp3) is 0.234. The van der Waals surface area contributed by atoms with E-state index in [1.807, 2.05) is 100 Å². The van der Waals surface area contributed by atoms with Crippen molar-refractivity contribution in [1.29, 1.82) is 0 Å². The van der Waals surface area contributed by atoms with Crippen molar-refractivity contribution in [1.82, 2.24) is 52.7 Å². The number of anilines is 4. The fourth-order valence-electron chi connectivity index (χ4n) is 14.8. The van der Waals surface area contributed by atoms with Crippen molar-refractivity contribution < 1.29 is 57.6 Å². The summed E-state index contributed by atoms with van der Waals surface area (Å²) in [4.78, 5) is 71.1. The van der Waals surface area contributed by atoms with Gasteiger partial charge in [0.2, 0.25) is 40.1 Å². The number of hydrogen-bond donors (Lipinski definition) is 6. The summed E-state index contributed by atoms with van der Waals surface area (Å²) in [6, 6.07) is 66.7. The van der Waals surface area contributed by atoms with E-state index in [4.69, 9.17) is 51.1 Å². The molecule has 4 aliphatic heterocycles. The van der Waals surface area contributed by atoms with E-state index in [9.17, 15) is 52.8 Å². The Morgan fingerprint density at radius 1 is 0.346 bits per heavy atom. The maximum absolute atomic E-state index is 13.0. The van der Waals surface area contributed by atoms with Gasteiger partial charge in [-0.15, -0.1) is 0 Å². The SMILES string of the molecule is CC1CN(S(=O)(=O)c2ccc(C(=O)Nc3ccc(Cl)c(-c4ccccn4)c3)cc2)CC(C)N1.CC1CN(S(=O)(=O)c2ccc(C(=O)Nc3ccc(Cl)c(-c4ccccn4)c3)cc2)CC(C)O1.CCN1CCN(S(=O)(=O)c2ccc(C(=O)Nc3ccc(Cl)c(-c4ccccn4)c3)cc2)CC1.O=C(Nc1ccc(Cl)c(-c2ccccn2)c1)c1ccc(S(=O)(=O)N2CCNCC2)cc1. The molecule has 12 aromatic rings. The van der Waals surface area contributed by atoms with Crippen LogP contribution in [0.5, 0.6) is 0 Å². The highest BCUT2D eigenvalue weighted by Gasteiger charge is 2.35. The zero-order valence-electron chi connectivity index (χ0n) is 71.4. The number of morpholine rings is 1. The van der Waals surface area contributed by atoms with Gasteiger partial charge in [0.15, 0.2) is 0 Å². The lowest BCUT2D eigenvalue weighted by molar-refractivity contribution is -0.0440. The van der Waals surface area contributed by atoms with Crippen molar-refractivity contribution in [3.63, 3.8) is 0 Å². The first-order chi connectivity index (χ1) is 62.3. The average molecular weight is 1910 g/mol. The van der Waals surface area contributed by atoms with Crippen LogP contribution in [0.25, 0.3) is 45.0 Å². The van der Waals surface area contributed by atoms with Crippen LogP contribution in [0.15, 0.2) is 287 Å². The molecule has 4 aromatic heterocycles. The van der Waals surface area contributed by atoms with Gasteiger partial charge in [-0.3, -0.25) is 39.1 Å². The van der Waals surface area contributed by atoms with Gasteiger partial charge < -0.3 is 41.5 Å². The monoisotopic (exact) mass is 1910 g/mol. The first-order valence-corrected chi connectivity index (χ1v) is 48.9. The van der Waals surface area contributed by atoms with Crippen LogP contribution in [0.2, 0.25) is 20.1 Å². The van der Waals surface area contributed by atoms with E-state index in [-0.39, 0.29) is 67.5 Å². The molecule has 8 aromatic carbocycles. The Kier molecular flexibility index (Phi) is 32.4. The minimum atomic E-state index is -3.67. The lowest BCUT2D eigenvalue weighted by Crippen LogP contribution is -2.55. The van der Waals surface area contributed by atoms with Crippen LogP contribution in [0, 0.1) is 0 Å². The normalized spacial score (nSPS) is 17.2. The van der Waals surface area contributed by atoms with E-state index in [0.29, 0.717) is 176 Å². The Morgan fingerprint density at radius 3 is 0.869 bits per heavy atom. The van der Waals surface area contributed by atoms with Crippen molar-refractivity contribution in [3.05, 3.63) is 310 Å². The number of amides is 4. The van der Waals surface area contributed by atoms with E-state index >= 15 is 0 Å². The van der Waals surface area contributed by atoms with Crippen molar-refractivity contribution in [2.75, 3.05) is 106 Å². The van der Waals surface area contributed by atoms with Crippen LogP contribution in [-0.4, -0.2) is 209 Å². The van der Waals surface area contributed by atoms with E-state index in [1.165, 1.54) is 114 Å².